The molecule has 1 aromatic heterocycles. The van der Waals surface area contributed by atoms with Gasteiger partial charge < -0.3 is 14.8 Å². The zero-order valence-electron chi connectivity index (χ0n) is 16.3. The number of β-lactam (4-membered cyclic amide) rings is 1. The molecule has 10 nitrogen and oxygen atoms in total. The van der Waals surface area contributed by atoms with Crippen LogP contribution in [0.4, 0.5) is 10.7 Å². The second kappa shape index (κ2) is 8.60. The highest BCUT2D eigenvalue weighted by Crippen LogP contribution is 2.18. The number of hydrogen-bond donors (Lipinski definition) is 1. The lowest BCUT2D eigenvalue weighted by atomic mass is 10.1. The number of hydrogen-bond acceptors (Lipinski definition) is 7. The van der Waals surface area contributed by atoms with Gasteiger partial charge in [-0.3, -0.25) is 9.69 Å². The zero-order chi connectivity index (χ0) is 20.9. The van der Waals surface area contributed by atoms with Gasteiger partial charge in [-0.15, -0.1) is 5.10 Å². The van der Waals surface area contributed by atoms with Crippen molar-refractivity contribution in [3.8, 4) is 5.75 Å². The van der Waals surface area contributed by atoms with Gasteiger partial charge in [0.25, 0.3) is 11.9 Å². The van der Waals surface area contributed by atoms with Crippen LogP contribution in [0, 0.1) is 0 Å². The maximum atomic E-state index is 12.3. The Labute approximate surface area is 172 Å². The summed E-state index contributed by atoms with van der Waals surface area (Å²) < 4.78 is 10.3. The number of carbonyl (C=O) groups is 2. The van der Waals surface area contributed by atoms with Crippen LogP contribution in [0.2, 0.25) is 0 Å². The number of carbonyl (C=O) groups excluding carboxylic acids is 2. The second-order valence-corrected chi connectivity index (χ2v) is 6.68. The quantitative estimate of drug-likeness (QED) is 0.588. The Morgan fingerprint density at radius 1 is 1.13 bits per heavy atom. The number of tetrazole rings is 1. The van der Waals surface area contributed by atoms with Crippen molar-refractivity contribution >= 4 is 17.9 Å². The number of rotatable bonds is 7. The lowest BCUT2D eigenvalue weighted by Crippen LogP contribution is -2.64. The van der Waals surface area contributed by atoms with Gasteiger partial charge in [0.1, 0.15) is 18.4 Å². The first-order chi connectivity index (χ1) is 14.6. The predicted molar refractivity (Wildman–Crippen MR) is 106 cm³/mol. The van der Waals surface area contributed by atoms with Crippen LogP contribution in [0.15, 0.2) is 54.6 Å². The van der Waals surface area contributed by atoms with Crippen molar-refractivity contribution in [2.75, 3.05) is 18.6 Å². The summed E-state index contributed by atoms with van der Waals surface area (Å²) in [5.41, 5.74) is 1.84. The van der Waals surface area contributed by atoms with Gasteiger partial charge >= 0.3 is 6.09 Å². The minimum atomic E-state index is -0.665. The van der Waals surface area contributed by atoms with E-state index in [-0.39, 0.29) is 25.0 Å². The molecule has 1 saturated heterocycles. The van der Waals surface area contributed by atoms with Gasteiger partial charge in [0.05, 0.1) is 20.2 Å². The molecule has 10 heteroatoms. The number of anilines is 1. The van der Waals surface area contributed by atoms with Crippen molar-refractivity contribution in [2.45, 2.75) is 19.2 Å². The highest BCUT2D eigenvalue weighted by molar-refractivity contribution is 6.04. The Bertz CT molecular complexity index is 1020. The summed E-state index contributed by atoms with van der Waals surface area (Å²) in [6.07, 6.45) is -0.645. The molecule has 4 rings (SSSR count). The lowest BCUT2D eigenvalue weighted by Gasteiger charge is -2.35. The van der Waals surface area contributed by atoms with Crippen molar-refractivity contribution in [1.82, 2.24) is 25.5 Å². The molecular weight excluding hydrogens is 388 g/mol. The lowest BCUT2D eigenvalue weighted by molar-refractivity contribution is -0.124. The number of aromatic nitrogens is 4. The molecule has 30 heavy (non-hydrogen) atoms. The van der Waals surface area contributed by atoms with E-state index in [1.54, 1.807) is 7.11 Å². The molecule has 154 valence electrons. The summed E-state index contributed by atoms with van der Waals surface area (Å²) in [5.74, 6) is 0.651. The Kier molecular flexibility index (Phi) is 5.55. The van der Waals surface area contributed by atoms with E-state index >= 15 is 0 Å². The molecule has 0 aliphatic carbocycles. The molecular formula is C20H20N6O4. The molecule has 1 atom stereocenters. The van der Waals surface area contributed by atoms with Crippen LogP contribution in [0.25, 0.3) is 0 Å². The smallest absolute Gasteiger partial charge is 0.408 e. The summed E-state index contributed by atoms with van der Waals surface area (Å²) in [6, 6.07) is 16.1. The molecule has 0 radical (unpaired) electrons. The molecule has 0 saturated carbocycles. The van der Waals surface area contributed by atoms with Gasteiger partial charge in [-0.05, 0) is 28.5 Å². The van der Waals surface area contributed by atoms with E-state index in [0.717, 1.165) is 16.9 Å². The van der Waals surface area contributed by atoms with E-state index in [1.165, 1.54) is 9.70 Å². The fraction of sp³-hybridized carbons (Fsp3) is 0.250. The monoisotopic (exact) mass is 408 g/mol. The van der Waals surface area contributed by atoms with Gasteiger partial charge in [-0.25, -0.2) is 4.79 Å². The fourth-order valence-electron chi connectivity index (χ4n) is 2.93. The summed E-state index contributed by atoms with van der Waals surface area (Å²) in [7, 11) is 1.61. The maximum absolute atomic E-state index is 12.3. The maximum Gasteiger partial charge on any atom is 0.408 e. The molecule has 1 aliphatic heterocycles. The highest BCUT2D eigenvalue weighted by Gasteiger charge is 2.41. The second-order valence-electron chi connectivity index (χ2n) is 6.68. The highest BCUT2D eigenvalue weighted by atomic mass is 16.5. The third kappa shape index (κ3) is 4.37. The Balaban J connectivity index is 1.26. The first kappa shape index (κ1) is 19.4. The van der Waals surface area contributed by atoms with E-state index in [1.807, 2.05) is 54.6 Å². The van der Waals surface area contributed by atoms with Crippen LogP contribution in [0.3, 0.4) is 0 Å². The Morgan fingerprint density at radius 2 is 1.90 bits per heavy atom. The molecule has 2 aromatic carbocycles. The predicted octanol–water partition coefficient (Wildman–Crippen LogP) is 1.37. The van der Waals surface area contributed by atoms with Crippen LogP contribution >= 0.6 is 0 Å². The number of nitrogens with zero attached hydrogens (tertiary/aromatic N) is 5. The summed E-state index contributed by atoms with van der Waals surface area (Å²) in [4.78, 5) is 27.0. The minimum absolute atomic E-state index is 0.137. The van der Waals surface area contributed by atoms with Crippen molar-refractivity contribution in [1.29, 1.82) is 0 Å². The number of ether oxygens (including phenoxy) is 2. The first-order valence-electron chi connectivity index (χ1n) is 9.32. The normalized spacial score (nSPS) is 15.4. The van der Waals surface area contributed by atoms with Crippen LogP contribution < -0.4 is 15.0 Å². The third-order valence-corrected chi connectivity index (χ3v) is 4.60. The fourth-order valence-corrected chi connectivity index (χ4v) is 2.93. The van der Waals surface area contributed by atoms with Crippen LogP contribution in [-0.2, 0) is 22.7 Å². The van der Waals surface area contributed by atoms with Crippen LogP contribution in [0.1, 0.15) is 11.1 Å². The van der Waals surface area contributed by atoms with Gasteiger partial charge in [0.2, 0.25) is 0 Å². The zero-order valence-corrected chi connectivity index (χ0v) is 16.3. The van der Waals surface area contributed by atoms with Gasteiger partial charge in [0.15, 0.2) is 0 Å². The van der Waals surface area contributed by atoms with Crippen molar-refractivity contribution < 1.29 is 19.1 Å². The minimum Gasteiger partial charge on any atom is -0.497 e. The number of alkyl carbamates (subject to hydrolysis) is 1. The average Bonchev–Trinajstić information content (AvgIpc) is 3.23. The first-order valence-corrected chi connectivity index (χ1v) is 9.32. The van der Waals surface area contributed by atoms with Crippen molar-refractivity contribution in [3.05, 3.63) is 65.7 Å². The SMILES string of the molecule is COc1ccc(Cn2nnc(N3C[C@H](NC(=O)OCc4ccccc4)C3=O)n2)cc1. The third-order valence-electron chi connectivity index (χ3n) is 4.60. The van der Waals surface area contributed by atoms with Crippen LogP contribution in [-0.4, -0.2) is 51.9 Å². The van der Waals surface area contributed by atoms with Crippen molar-refractivity contribution in [2.24, 2.45) is 0 Å². The molecule has 0 spiro atoms. The van der Waals surface area contributed by atoms with E-state index in [4.69, 9.17) is 9.47 Å². The summed E-state index contributed by atoms with van der Waals surface area (Å²) >= 11 is 0. The molecule has 0 bridgehead atoms. The molecule has 0 unspecified atom stereocenters. The molecule has 2 heterocycles. The topological polar surface area (TPSA) is 111 Å². The molecule has 2 amide bonds. The molecule has 1 N–H and O–H groups in total. The summed E-state index contributed by atoms with van der Waals surface area (Å²) in [6.45, 7) is 0.804. The molecule has 1 fully saturated rings. The van der Waals surface area contributed by atoms with E-state index < -0.39 is 12.1 Å². The number of methoxy groups -OCH3 is 1. The number of benzene rings is 2. The largest absolute Gasteiger partial charge is 0.497 e. The van der Waals surface area contributed by atoms with Gasteiger partial charge in [0, 0.05) is 0 Å². The average molecular weight is 408 g/mol. The summed E-state index contributed by atoms with van der Waals surface area (Å²) in [5, 5.41) is 14.7. The Hall–Kier alpha value is -3.95. The standard InChI is InChI=1S/C20H20N6O4/c1-29-16-9-7-14(8-10-16)11-26-23-19(22-24-26)25-12-17(18(25)27)21-20(28)30-13-15-5-3-2-4-6-15/h2-10,17H,11-13H2,1H3,(H,21,28)/t17-/m0/s1. The number of amides is 2. The van der Waals surface area contributed by atoms with E-state index in [9.17, 15) is 9.59 Å². The van der Waals surface area contributed by atoms with Gasteiger partial charge in [-0.1, -0.05) is 47.6 Å². The molecule has 1 aliphatic rings. The molecule has 3 aromatic rings. The number of nitrogens with one attached hydrogen (secondary N) is 1. The van der Waals surface area contributed by atoms with E-state index in [2.05, 4.69) is 20.7 Å². The van der Waals surface area contributed by atoms with Crippen molar-refractivity contribution in [3.63, 3.8) is 0 Å². The van der Waals surface area contributed by atoms with Gasteiger partial charge in [-0.2, -0.15) is 4.80 Å². The van der Waals surface area contributed by atoms with Crippen LogP contribution in [0.5, 0.6) is 5.75 Å². The van der Waals surface area contributed by atoms with E-state index in [0.29, 0.717) is 6.54 Å². The Morgan fingerprint density at radius 3 is 2.60 bits per heavy atom.